The monoisotopic (exact) mass is 338 g/mol. The fourth-order valence-electron chi connectivity index (χ4n) is 0.684. The SMILES string of the molecule is O=C([O-])CC(O)(CC(=O)[O-])C(=O)[O-].O=P([O-])([O-])[O-].[NH4+].[NH4+].[NH4+]. The van der Waals surface area contributed by atoms with Crippen molar-refractivity contribution in [1.29, 1.82) is 0 Å². The molecule has 0 rings (SSSR count). The first-order chi connectivity index (χ1) is 7.78. The summed E-state index contributed by atoms with van der Waals surface area (Å²) in [5.41, 5.74) is -2.97. The highest BCUT2D eigenvalue weighted by atomic mass is 31.2. The second-order valence-corrected chi connectivity index (χ2v) is 3.76. The number of carboxylic acids is 3. The number of phosphoric acid groups is 1. The Kier molecular flexibility index (Phi) is 18.3. The molecule has 0 spiro atoms. The van der Waals surface area contributed by atoms with Crippen LogP contribution in [0.15, 0.2) is 0 Å². The number of carbonyl (C=O) groups is 3. The van der Waals surface area contributed by atoms with Crippen LogP contribution in [-0.4, -0.2) is 28.6 Å². The smallest absolute Gasteiger partial charge is 0.114 e. The fourth-order valence-corrected chi connectivity index (χ4v) is 0.684. The maximum Gasteiger partial charge on any atom is 0.114 e. The van der Waals surface area contributed by atoms with Gasteiger partial charge in [-0.2, -0.15) is 7.82 Å². The summed E-state index contributed by atoms with van der Waals surface area (Å²) < 4.78 is 8.55. The Hall–Kier alpha value is -1.64. The average Bonchev–Trinajstić information content (AvgIpc) is 1.95. The molecule has 0 atom stereocenters. The largest absolute Gasteiger partial charge is 0.822 e. The molecule has 0 aromatic heterocycles. The van der Waals surface area contributed by atoms with E-state index >= 15 is 0 Å². The summed E-state index contributed by atoms with van der Waals surface area (Å²) in [5, 5.41) is 38.9. The Morgan fingerprint density at radius 1 is 0.857 bits per heavy atom. The molecule has 0 fully saturated rings. The van der Waals surface area contributed by atoms with E-state index in [1.165, 1.54) is 0 Å². The van der Waals surface area contributed by atoms with Crippen LogP contribution in [0, 0.1) is 0 Å². The molecule has 13 N–H and O–H groups in total. The van der Waals surface area contributed by atoms with Gasteiger partial charge in [0.15, 0.2) is 0 Å². The van der Waals surface area contributed by atoms with Crippen molar-refractivity contribution in [2.24, 2.45) is 0 Å². The third-order valence-corrected chi connectivity index (χ3v) is 1.25. The van der Waals surface area contributed by atoms with Crippen molar-refractivity contribution in [1.82, 2.24) is 18.5 Å². The van der Waals surface area contributed by atoms with Crippen LogP contribution in [0.1, 0.15) is 12.8 Å². The summed E-state index contributed by atoms with van der Waals surface area (Å²) in [7, 11) is -5.39. The van der Waals surface area contributed by atoms with Gasteiger partial charge in [-0.3, -0.25) is 0 Å². The molecule has 0 heterocycles. The number of carbonyl (C=O) groups excluding carboxylic acids is 3. The van der Waals surface area contributed by atoms with E-state index in [1.54, 1.807) is 0 Å². The van der Waals surface area contributed by atoms with Crippen molar-refractivity contribution in [2.45, 2.75) is 18.4 Å². The van der Waals surface area contributed by atoms with Gasteiger partial charge >= 0.3 is 0 Å². The van der Waals surface area contributed by atoms with Crippen LogP contribution in [0.3, 0.4) is 0 Å². The highest BCUT2D eigenvalue weighted by Crippen LogP contribution is 2.13. The number of quaternary nitrogens is 3. The maximum absolute atomic E-state index is 10.1. The van der Waals surface area contributed by atoms with Gasteiger partial charge < -0.3 is 72.5 Å². The number of rotatable bonds is 5. The minimum absolute atomic E-state index is 0. The van der Waals surface area contributed by atoms with Crippen LogP contribution < -0.4 is 48.5 Å². The summed E-state index contributed by atoms with van der Waals surface area (Å²) in [6, 6.07) is 0. The molecule has 0 bridgehead atoms. The van der Waals surface area contributed by atoms with Crippen LogP contribution in [0.2, 0.25) is 0 Å². The lowest BCUT2D eigenvalue weighted by molar-refractivity contribution is -0.432. The first-order valence-electron chi connectivity index (χ1n) is 3.84. The molecule has 0 aromatic rings. The third-order valence-electron chi connectivity index (χ3n) is 1.25. The van der Waals surface area contributed by atoms with Gasteiger partial charge in [-0.05, 0) is 0 Å². The van der Waals surface area contributed by atoms with E-state index in [2.05, 4.69) is 0 Å². The normalized spacial score (nSPS) is 9.52. The summed E-state index contributed by atoms with van der Waals surface area (Å²) in [4.78, 5) is 55.6. The second kappa shape index (κ2) is 12.1. The summed E-state index contributed by atoms with van der Waals surface area (Å²) in [6.45, 7) is 0. The molecule has 0 unspecified atom stereocenters. The zero-order valence-electron chi connectivity index (χ0n) is 11.4. The third kappa shape index (κ3) is 23.8. The highest BCUT2D eigenvalue weighted by Gasteiger charge is 2.29. The molecular weight excluding hydrogens is 321 g/mol. The van der Waals surface area contributed by atoms with Gasteiger partial charge in [-0.15, -0.1) is 0 Å². The van der Waals surface area contributed by atoms with E-state index in [0.717, 1.165) is 0 Å². The Balaban J connectivity index is -0.0000000933. The molecule has 15 heteroatoms. The predicted octanol–water partition coefficient (Wildman–Crippen LogP) is -6.95. The van der Waals surface area contributed by atoms with Gasteiger partial charge in [-0.1, -0.05) is 0 Å². The fraction of sp³-hybridized carbons (Fsp3) is 0.500. The first kappa shape index (κ1) is 31.6. The average molecular weight is 338 g/mol. The van der Waals surface area contributed by atoms with Crippen molar-refractivity contribution in [3.05, 3.63) is 0 Å². The topological polar surface area (TPSA) is 336 Å². The second-order valence-electron chi connectivity index (χ2n) is 2.86. The molecule has 14 nitrogen and oxygen atoms in total. The highest BCUT2D eigenvalue weighted by molar-refractivity contribution is 7.40. The Morgan fingerprint density at radius 2 is 1.05 bits per heavy atom. The van der Waals surface area contributed by atoms with E-state index in [0.29, 0.717) is 0 Å². The number of aliphatic carboxylic acids is 3. The summed E-state index contributed by atoms with van der Waals surface area (Å²) in [6.07, 6.45) is -2.72. The molecule has 130 valence electrons. The predicted molar refractivity (Wildman–Crippen MR) is 54.8 cm³/mol. The minimum atomic E-state index is -5.39. The summed E-state index contributed by atoms with van der Waals surface area (Å²) >= 11 is 0. The molecule has 0 saturated carbocycles. The van der Waals surface area contributed by atoms with Gasteiger partial charge in [0.1, 0.15) is 5.60 Å². The molecule has 0 radical (unpaired) electrons. The van der Waals surface area contributed by atoms with Crippen LogP contribution in [0.4, 0.5) is 0 Å². The Morgan fingerprint density at radius 3 is 1.14 bits per heavy atom. The Labute approximate surface area is 118 Å². The van der Waals surface area contributed by atoms with E-state index in [1.807, 2.05) is 0 Å². The number of carboxylic acid groups (broad SMARTS) is 3. The van der Waals surface area contributed by atoms with Gasteiger partial charge in [-0.25, -0.2) is 0 Å². The van der Waals surface area contributed by atoms with E-state index in [-0.39, 0.29) is 18.5 Å². The molecule has 0 aliphatic rings. The van der Waals surface area contributed by atoms with Crippen LogP contribution in [0.5, 0.6) is 0 Å². The van der Waals surface area contributed by atoms with E-state index < -0.39 is 44.2 Å². The lowest BCUT2D eigenvalue weighted by Crippen LogP contribution is -2.54. The zero-order valence-corrected chi connectivity index (χ0v) is 12.3. The van der Waals surface area contributed by atoms with Crippen LogP contribution in [0.25, 0.3) is 0 Å². The molecular formula is C6H17N3O11P-3. The van der Waals surface area contributed by atoms with Crippen molar-refractivity contribution in [3.63, 3.8) is 0 Å². The standard InChI is InChI=1S/C6H8O7.3H3N.H3O4P/c7-3(8)1-6(13,5(11)12)2-4(9)10;;;;1-5(2,3)4/h13H,1-2H2,(H,7,8)(H,9,10)(H,11,12);3*1H3;(H3,1,2,3,4)/p-3. The van der Waals surface area contributed by atoms with Crippen molar-refractivity contribution in [2.75, 3.05) is 0 Å². The zero-order chi connectivity index (χ0) is 15.1. The number of aliphatic hydroxyl groups is 1. The molecule has 0 aliphatic carbocycles. The Bertz CT molecular complexity index is 356. The lowest BCUT2D eigenvalue weighted by Gasteiger charge is -2.36. The number of hydrogen-bond acceptors (Lipinski definition) is 11. The van der Waals surface area contributed by atoms with Crippen LogP contribution >= 0.6 is 7.82 Å². The van der Waals surface area contributed by atoms with Crippen molar-refractivity contribution >= 4 is 25.7 Å². The number of hydrogen-bond donors (Lipinski definition) is 4. The van der Waals surface area contributed by atoms with Crippen molar-refractivity contribution in [3.8, 4) is 0 Å². The molecule has 0 aromatic carbocycles. The minimum Gasteiger partial charge on any atom is -0.822 e. The summed E-state index contributed by atoms with van der Waals surface area (Å²) in [5.74, 6) is -5.98. The van der Waals surface area contributed by atoms with E-state index in [9.17, 15) is 29.7 Å². The molecule has 21 heavy (non-hydrogen) atoms. The quantitative estimate of drug-likeness (QED) is 0.341. The first-order valence-corrected chi connectivity index (χ1v) is 5.30. The van der Waals surface area contributed by atoms with Gasteiger partial charge in [0, 0.05) is 24.8 Å². The van der Waals surface area contributed by atoms with Gasteiger partial charge in [0.25, 0.3) is 0 Å². The van der Waals surface area contributed by atoms with Crippen molar-refractivity contribution < 1.29 is 54.1 Å². The van der Waals surface area contributed by atoms with E-state index in [4.69, 9.17) is 24.4 Å². The van der Waals surface area contributed by atoms with Crippen LogP contribution in [-0.2, 0) is 18.9 Å². The molecule has 0 aliphatic heterocycles. The molecule has 0 saturated heterocycles. The maximum atomic E-state index is 10.1. The van der Waals surface area contributed by atoms with Gasteiger partial charge in [0.05, 0.1) is 5.97 Å². The lowest BCUT2D eigenvalue weighted by atomic mass is 9.96. The van der Waals surface area contributed by atoms with Gasteiger partial charge in [0.2, 0.25) is 0 Å². The molecule has 0 amide bonds.